The van der Waals surface area contributed by atoms with E-state index in [1.165, 1.54) is 23.6 Å². The van der Waals surface area contributed by atoms with Crippen LogP contribution in [-0.4, -0.2) is 28.7 Å². The number of aryl methyl sites for hydroxylation is 1. The highest BCUT2D eigenvalue weighted by atomic mass is 32.2. The number of alkyl halides is 3. The number of benzene rings is 1. The van der Waals surface area contributed by atoms with Crippen LogP contribution in [0.5, 0.6) is 0 Å². The summed E-state index contributed by atoms with van der Waals surface area (Å²) in [6.07, 6.45) is -3.51. The van der Waals surface area contributed by atoms with Gasteiger partial charge in [0, 0.05) is 12.6 Å². The monoisotopic (exact) mass is 408 g/mol. The van der Waals surface area contributed by atoms with Gasteiger partial charge in [-0.1, -0.05) is 13.0 Å². The van der Waals surface area contributed by atoms with Crippen molar-refractivity contribution in [3.63, 3.8) is 0 Å². The SMILES string of the molecule is CCS(=O)(=O)c1cc(CC#N)ccc1-c1nc2cc(C(F)(F)F)ncc2n1C. The van der Waals surface area contributed by atoms with Gasteiger partial charge in [-0.05, 0) is 23.8 Å². The fourth-order valence-electron chi connectivity index (χ4n) is 2.85. The number of hydrogen-bond donors (Lipinski definition) is 0. The largest absolute Gasteiger partial charge is 0.433 e. The number of halogens is 3. The van der Waals surface area contributed by atoms with E-state index in [0.29, 0.717) is 11.1 Å². The number of imidazole rings is 1. The highest BCUT2D eigenvalue weighted by Crippen LogP contribution is 2.33. The van der Waals surface area contributed by atoms with Gasteiger partial charge in [-0.15, -0.1) is 0 Å². The van der Waals surface area contributed by atoms with Crippen LogP contribution in [0.2, 0.25) is 0 Å². The van der Waals surface area contributed by atoms with Crippen molar-refractivity contribution in [2.45, 2.75) is 24.4 Å². The van der Waals surface area contributed by atoms with Gasteiger partial charge in [-0.25, -0.2) is 18.4 Å². The van der Waals surface area contributed by atoms with Gasteiger partial charge < -0.3 is 4.57 Å². The summed E-state index contributed by atoms with van der Waals surface area (Å²) in [5.41, 5.74) is 0.106. The maximum absolute atomic E-state index is 12.9. The summed E-state index contributed by atoms with van der Waals surface area (Å²) in [5.74, 6) is 0.0337. The molecule has 28 heavy (non-hydrogen) atoms. The Kier molecular flexibility index (Phi) is 4.89. The molecule has 0 saturated carbocycles. The second kappa shape index (κ2) is 6.91. The third kappa shape index (κ3) is 3.45. The van der Waals surface area contributed by atoms with E-state index >= 15 is 0 Å². The molecule has 2 heterocycles. The molecule has 1 aromatic carbocycles. The molecule has 0 N–H and O–H groups in total. The number of rotatable bonds is 4. The van der Waals surface area contributed by atoms with Crippen LogP contribution in [0, 0.1) is 11.3 Å². The van der Waals surface area contributed by atoms with Crippen molar-refractivity contribution in [3.8, 4) is 17.5 Å². The average Bonchev–Trinajstić information content (AvgIpc) is 2.97. The molecule has 0 aliphatic heterocycles. The third-order valence-electron chi connectivity index (χ3n) is 4.34. The lowest BCUT2D eigenvalue weighted by Crippen LogP contribution is -2.08. The number of nitrogens with zero attached hydrogens (tertiary/aromatic N) is 4. The van der Waals surface area contributed by atoms with Crippen LogP contribution in [0.15, 0.2) is 35.4 Å². The fourth-order valence-corrected chi connectivity index (χ4v) is 3.99. The molecule has 0 atom stereocenters. The van der Waals surface area contributed by atoms with E-state index in [1.54, 1.807) is 13.1 Å². The minimum Gasteiger partial charge on any atom is -0.326 e. The van der Waals surface area contributed by atoms with Crippen LogP contribution in [0.1, 0.15) is 18.2 Å². The van der Waals surface area contributed by atoms with Crippen LogP contribution < -0.4 is 0 Å². The maximum Gasteiger partial charge on any atom is 0.433 e. The number of nitriles is 1. The van der Waals surface area contributed by atoms with Crippen LogP contribution in [0.25, 0.3) is 22.4 Å². The molecule has 0 aliphatic rings. The minimum atomic E-state index is -4.61. The van der Waals surface area contributed by atoms with E-state index in [4.69, 9.17) is 5.26 Å². The molecular formula is C18H15F3N4O2S. The maximum atomic E-state index is 12.9. The van der Waals surface area contributed by atoms with E-state index in [-0.39, 0.29) is 34.0 Å². The second-order valence-electron chi connectivity index (χ2n) is 6.12. The standard InChI is InChI=1S/C18H15F3N4O2S/c1-3-28(26,27)15-8-11(6-7-22)4-5-12(15)17-24-13-9-16(18(19,20)21)23-10-14(13)25(17)2/h4-5,8-10H,3,6H2,1-2H3. The molecule has 0 spiro atoms. The highest BCUT2D eigenvalue weighted by Gasteiger charge is 2.33. The number of aromatic nitrogens is 3. The van der Waals surface area contributed by atoms with Crippen molar-refractivity contribution in [2.75, 3.05) is 5.75 Å². The first-order valence-corrected chi connectivity index (χ1v) is 9.86. The zero-order valence-electron chi connectivity index (χ0n) is 14.9. The molecule has 3 rings (SSSR count). The summed E-state index contributed by atoms with van der Waals surface area (Å²) in [6.45, 7) is 1.49. The lowest BCUT2D eigenvalue weighted by Gasteiger charge is -2.11. The Labute approximate surface area is 159 Å². The summed E-state index contributed by atoms with van der Waals surface area (Å²) in [6, 6.07) is 7.33. The first-order valence-electron chi connectivity index (χ1n) is 8.21. The number of sulfone groups is 1. The number of fused-ring (bicyclic) bond motifs is 1. The van der Waals surface area contributed by atoms with Crippen molar-refractivity contribution in [1.82, 2.24) is 14.5 Å². The third-order valence-corrected chi connectivity index (χ3v) is 6.11. The normalized spacial score (nSPS) is 12.3. The summed E-state index contributed by atoms with van der Waals surface area (Å²) in [7, 11) is -2.09. The van der Waals surface area contributed by atoms with Gasteiger partial charge in [-0.3, -0.25) is 0 Å². The van der Waals surface area contributed by atoms with E-state index in [1.807, 2.05) is 6.07 Å². The molecule has 0 bridgehead atoms. The Bertz CT molecular complexity index is 1210. The summed E-state index contributed by atoms with van der Waals surface area (Å²) < 4.78 is 65.4. The first kappa shape index (κ1) is 19.8. The van der Waals surface area contributed by atoms with Crippen molar-refractivity contribution in [3.05, 3.63) is 41.7 Å². The van der Waals surface area contributed by atoms with Gasteiger partial charge in [0.2, 0.25) is 0 Å². The van der Waals surface area contributed by atoms with Crippen LogP contribution >= 0.6 is 0 Å². The van der Waals surface area contributed by atoms with Gasteiger partial charge in [-0.2, -0.15) is 18.4 Å². The van der Waals surface area contributed by atoms with Gasteiger partial charge in [0.25, 0.3) is 0 Å². The molecule has 146 valence electrons. The highest BCUT2D eigenvalue weighted by molar-refractivity contribution is 7.91. The minimum absolute atomic E-state index is 0.00911. The molecule has 2 aromatic heterocycles. The van der Waals surface area contributed by atoms with E-state index in [2.05, 4.69) is 9.97 Å². The molecule has 0 aliphatic carbocycles. The predicted octanol–water partition coefficient (Wildman–Crippen LogP) is 3.51. The predicted molar refractivity (Wildman–Crippen MR) is 96.0 cm³/mol. The summed E-state index contributed by atoms with van der Waals surface area (Å²) in [4.78, 5) is 7.66. The van der Waals surface area contributed by atoms with Gasteiger partial charge >= 0.3 is 6.18 Å². The van der Waals surface area contributed by atoms with Crippen molar-refractivity contribution in [2.24, 2.45) is 7.05 Å². The van der Waals surface area contributed by atoms with E-state index < -0.39 is 21.7 Å². The van der Waals surface area contributed by atoms with Gasteiger partial charge in [0.05, 0.1) is 40.4 Å². The molecule has 3 aromatic rings. The Morgan fingerprint density at radius 1 is 1.25 bits per heavy atom. The lowest BCUT2D eigenvalue weighted by atomic mass is 10.1. The lowest BCUT2D eigenvalue weighted by molar-refractivity contribution is -0.141. The van der Waals surface area contributed by atoms with E-state index in [0.717, 1.165) is 12.3 Å². The average molecular weight is 408 g/mol. The first-order chi connectivity index (χ1) is 13.1. The van der Waals surface area contributed by atoms with Crippen molar-refractivity contribution >= 4 is 20.9 Å². The second-order valence-corrected chi connectivity index (χ2v) is 8.37. The van der Waals surface area contributed by atoms with Gasteiger partial charge in [0.1, 0.15) is 11.5 Å². The van der Waals surface area contributed by atoms with Crippen molar-refractivity contribution in [1.29, 1.82) is 5.26 Å². The summed E-state index contributed by atoms with van der Waals surface area (Å²) in [5, 5.41) is 8.87. The molecule has 0 fully saturated rings. The summed E-state index contributed by atoms with van der Waals surface area (Å²) >= 11 is 0. The van der Waals surface area contributed by atoms with Gasteiger partial charge in [0.15, 0.2) is 9.84 Å². The van der Waals surface area contributed by atoms with Crippen molar-refractivity contribution < 1.29 is 21.6 Å². The molecule has 0 radical (unpaired) electrons. The zero-order valence-corrected chi connectivity index (χ0v) is 15.8. The van der Waals surface area contributed by atoms with E-state index in [9.17, 15) is 21.6 Å². The smallest absolute Gasteiger partial charge is 0.326 e. The van der Waals surface area contributed by atoms with Crippen LogP contribution in [0.3, 0.4) is 0 Å². The topological polar surface area (TPSA) is 88.6 Å². The molecule has 0 saturated heterocycles. The zero-order chi connectivity index (χ0) is 20.7. The number of pyridine rings is 1. The Morgan fingerprint density at radius 3 is 2.57 bits per heavy atom. The Balaban J connectivity index is 2.27. The molecule has 0 amide bonds. The molecule has 10 heteroatoms. The quantitative estimate of drug-likeness (QED) is 0.659. The Morgan fingerprint density at radius 2 is 1.96 bits per heavy atom. The molecule has 0 unspecified atom stereocenters. The Hall–Kier alpha value is -2.93. The van der Waals surface area contributed by atoms with Crippen LogP contribution in [0.4, 0.5) is 13.2 Å². The molecular weight excluding hydrogens is 393 g/mol. The fraction of sp³-hybridized carbons (Fsp3) is 0.278. The molecule has 6 nitrogen and oxygen atoms in total. The van der Waals surface area contributed by atoms with Crippen LogP contribution in [-0.2, 0) is 29.5 Å². The number of hydrogen-bond acceptors (Lipinski definition) is 5.